The predicted molar refractivity (Wildman–Crippen MR) is 154 cm³/mol. The molecule has 2 amide bonds. The van der Waals surface area contributed by atoms with E-state index >= 15 is 0 Å². The Labute approximate surface area is 226 Å². The maximum atomic E-state index is 13.1. The van der Waals surface area contributed by atoms with Crippen LogP contribution >= 0.6 is 0 Å². The topological polar surface area (TPSA) is 98.7 Å². The molecule has 3 aromatic rings. The van der Waals surface area contributed by atoms with E-state index in [2.05, 4.69) is 24.5 Å². The number of phenols is 2. The molecule has 0 heterocycles. The zero-order valence-electron chi connectivity index (χ0n) is 22.6. The maximum absolute atomic E-state index is 13.1. The minimum Gasteiger partial charge on any atom is -0.507 e. The van der Waals surface area contributed by atoms with Crippen LogP contribution in [0.5, 0.6) is 11.5 Å². The fourth-order valence-electron chi connectivity index (χ4n) is 4.43. The number of hydrogen-bond donors (Lipinski definition) is 4. The smallest absolute Gasteiger partial charge is 0.259 e. The molecule has 3 aromatic carbocycles. The van der Waals surface area contributed by atoms with Gasteiger partial charge in [-0.15, -0.1) is 0 Å². The molecule has 202 valence electrons. The van der Waals surface area contributed by atoms with Crippen LogP contribution in [0.15, 0.2) is 60.7 Å². The number of amides is 2. The molecule has 4 N–H and O–H groups in total. The van der Waals surface area contributed by atoms with Crippen LogP contribution in [0.25, 0.3) is 0 Å². The molecule has 0 fully saturated rings. The number of anilines is 2. The normalized spacial score (nSPS) is 10.8. The van der Waals surface area contributed by atoms with Crippen molar-refractivity contribution in [3.05, 3.63) is 82.9 Å². The second-order valence-corrected chi connectivity index (χ2v) is 9.78. The Bertz CT molecular complexity index is 1130. The van der Waals surface area contributed by atoms with Gasteiger partial charge < -0.3 is 20.8 Å². The highest BCUT2D eigenvalue weighted by Gasteiger charge is 2.17. The molecular formula is C32H40N2O4. The van der Waals surface area contributed by atoms with Crippen molar-refractivity contribution in [3.8, 4) is 11.5 Å². The van der Waals surface area contributed by atoms with Gasteiger partial charge in [0.05, 0.1) is 22.5 Å². The van der Waals surface area contributed by atoms with Gasteiger partial charge in [-0.3, -0.25) is 9.59 Å². The molecule has 6 nitrogen and oxygen atoms in total. The van der Waals surface area contributed by atoms with Gasteiger partial charge in [0.25, 0.3) is 11.8 Å². The highest BCUT2D eigenvalue weighted by molar-refractivity contribution is 6.11. The van der Waals surface area contributed by atoms with Gasteiger partial charge >= 0.3 is 0 Å². The minimum atomic E-state index is -0.462. The van der Waals surface area contributed by atoms with E-state index in [0.29, 0.717) is 11.4 Å². The molecule has 3 rings (SSSR count). The van der Waals surface area contributed by atoms with E-state index in [9.17, 15) is 19.8 Å². The quantitative estimate of drug-likeness (QED) is 0.164. The van der Waals surface area contributed by atoms with E-state index in [1.165, 1.54) is 12.8 Å². The lowest BCUT2D eigenvalue weighted by Gasteiger charge is -2.14. The second kappa shape index (κ2) is 14.8. The van der Waals surface area contributed by atoms with Crippen LogP contribution in [0.2, 0.25) is 0 Å². The summed E-state index contributed by atoms with van der Waals surface area (Å²) in [6.45, 7) is 4.33. The molecule has 0 saturated heterocycles. The second-order valence-electron chi connectivity index (χ2n) is 9.78. The van der Waals surface area contributed by atoms with Crippen LogP contribution in [0, 0.1) is 0 Å². The number of aromatic hydroxyl groups is 2. The van der Waals surface area contributed by atoms with Gasteiger partial charge in [0, 0.05) is 0 Å². The summed E-state index contributed by atoms with van der Waals surface area (Å²) in [6, 6.07) is 17.1. The molecule has 0 aliphatic carbocycles. The van der Waals surface area contributed by atoms with Gasteiger partial charge in [-0.25, -0.2) is 0 Å². The van der Waals surface area contributed by atoms with Crippen LogP contribution < -0.4 is 10.6 Å². The minimum absolute atomic E-state index is 0.0954. The average Bonchev–Trinajstić information content (AvgIpc) is 2.91. The Morgan fingerprint density at radius 3 is 1.42 bits per heavy atom. The van der Waals surface area contributed by atoms with Crippen molar-refractivity contribution >= 4 is 23.2 Å². The molecule has 0 aromatic heterocycles. The van der Waals surface area contributed by atoms with Gasteiger partial charge in [-0.05, 0) is 73.2 Å². The molecule has 0 aliphatic heterocycles. The van der Waals surface area contributed by atoms with Gasteiger partial charge in [0.1, 0.15) is 11.5 Å². The number of carbonyl (C=O) groups excluding carboxylic acids is 2. The predicted octanol–water partition coefficient (Wildman–Crippen LogP) is 7.85. The highest BCUT2D eigenvalue weighted by atomic mass is 16.3. The third kappa shape index (κ3) is 8.37. The number of phenolic OH excluding ortho intramolecular Hbond substituents is 2. The lowest BCUT2D eigenvalue weighted by molar-refractivity contribution is 0.101. The fraction of sp³-hybridized carbons (Fsp3) is 0.375. The van der Waals surface area contributed by atoms with Crippen LogP contribution in [0.4, 0.5) is 11.4 Å². The summed E-state index contributed by atoms with van der Waals surface area (Å²) < 4.78 is 0. The first-order chi connectivity index (χ1) is 18.4. The van der Waals surface area contributed by atoms with Gasteiger partial charge in [0.15, 0.2) is 0 Å². The van der Waals surface area contributed by atoms with Crippen molar-refractivity contribution in [2.75, 3.05) is 10.6 Å². The Morgan fingerprint density at radius 2 is 1.03 bits per heavy atom. The van der Waals surface area contributed by atoms with Crippen molar-refractivity contribution in [1.29, 1.82) is 0 Å². The first kappa shape index (κ1) is 28.8. The third-order valence-corrected chi connectivity index (χ3v) is 6.67. The van der Waals surface area contributed by atoms with Crippen LogP contribution in [-0.2, 0) is 12.8 Å². The number of para-hydroxylation sites is 2. The Kier molecular flexibility index (Phi) is 11.2. The summed E-state index contributed by atoms with van der Waals surface area (Å²) in [6.07, 6.45) is 10.7. The van der Waals surface area contributed by atoms with E-state index in [-0.39, 0.29) is 22.6 Å². The van der Waals surface area contributed by atoms with Gasteiger partial charge in [-0.1, -0.05) is 76.6 Å². The lowest BCUT2D eigenvalue weighted by atomic mass is 10.0. The van der Waals surface area contributed by atoms with Crippen molar-refractivity contribution in [3.63, 3.8) is 0 Å². The number of carbonyl (C=O) groups is 2. The first-order valence-corrected chi connectivity index (χ1v) is 13.8. The molecule has 0 unspecified atom stereocenters. The van der Waals surface area contributed by atoms with E-state index in [1.54, 1.807) is 48.5 Å². The van der Waals surface area contributed by atoms with Crippen molar-refractivity contribution in [2.45, 2.75) is 78.1 Å². The molecular weight excluding hydrogens is 476 g/mol. The number of hydrogen-bond acceptors (Lipinski definition) is 4. The molecule has 0 saturated carbocycles. The Morgan fingerprint density at radius 1 is 0.605 bits per heavy atom. The number of benzene rings is 3. The summed E-state index contributed by atoms with van der Waals surface area (Å²) in [4.78, 5) is 26.2. The van der Waals surface area contributed by atoms with E-state index < -0.39 is 11.8 Å². The fourth-order valence-corrected chi connectivity index (χ4v) is 4.43. The summed E-state index contributed by atoms with van der Waals surface area (Å²) in [5.41, 5.74) is 3.16. The maximum Gasteiger partial charge on any atom is 0.259 e. The Hall–Kier alpha value is -3.80. The average molecular weight is 517 g/mol. The molecule has 38 heavy (non-hydrogen) atoms. The van der Waals surface area contributed by atoms with Crippen molar-refractivity contribution in [2.24, 2.45) is 0 Å². The zero-order chi connectivity index (χ0) is 27.3. The van der Waals surface area contributed by atoms with Crippen LogP contribution in [0.3, 0.4) is 0 Å². The van der Waals surface area contributed by atoms with Crippen LogP contribution in [0.1, 0.15) is 97.1 Å². The van der Waals surface area contributed by atoms with Gasteiger partial charge in [-0.2, -0.15) is 0 Å². The molecule has 0 atom stereocenters. The highest BCUT2D eigenvalue weighted by Crippen LogP contribution is 2.27. The van der Waals surface area contributed by atoms with Gasteiger partial charge in [0.2, 0.25) is 0 Å². The monoisotopic (exact) mass is 516 g/mol. The Balaban J connectivity index is 1.71. The molecule has 6 heteroatoms. The van der Waals surface area contributed by atoms with Crippen molar-refractivity contribution < 1.29 is 19.8 Å². The van der Waals surface area contributed by atoms with Crippen LogP contribution in [-0.4, -0.2) is 22.0 Å². The summed E-state index contributed by atoms with van der Waals surface area (Å²) in [5, 5.41) is 26.3. The molecule has 0 spiro atoms. The van der Waals surface area contributed by atoms with E-state index in [4.69, 9.17) is 0 Å². The molecule has 0 aliphatic rings. The number of rotatable bonds is 14. The summed E-state index contributed by atoms with van der Waals surface area (Å²) in [5.74, 6) is -1.11. The summed E-state index contributed by atoms with van der Waals surface area (Å²) in [7, 11) is 0. The molecule has 0 bridgehead atoms. The largest absolute Gasteiger partial charge is 0.507 e. The first-order valence-electron chi connectivity index (χ1n) is 13.8. The summed E-state index contributed by atoms with van der Waals surface area (Å²) >= 11 is 0. The number of unbranched alkanes of at least 4 members (excludes halogenated alkanes) is 6. The molecule has 0 radical (unpaired) electrons. The number of nitrogens with one attached hydrogen (secondary N) is 2. The number of aryl methyl sites for hydroxylation is 2. The zero-order valence-corrected chi connectivity index (χ0v) is 22.6. The SMILES string of the molecule is CCCCCCc1ccc(O)c(C(=O)Nc2ccccc2NC(=O)c2cc(CCCCCC)ccc2O)c1. The lowest BCUT2D eigenvalue weighted by Crippen LogP contribution is -2.17. The van der Waals surface area contributed by atoms with E-state index in [0.717, 1.165) is 62.5 Å². The standard InChI is InChI=1S/C32H40N2O4/c1-3-5-7-9-13-23-17-19-29(35)25(21-23)31(37)33-27-15-11-12-16-28(27)34-32(38)26-22-24(18-20-30(26)36)14-10-8-6-4-2/h11-12,15-22,35-36H,3-10,13-14H2,1-2H3,(H,33,37)(H,34,38). The van der Waals surface area contributed by atoms with E-state index in [1.807, 2.05) is 12.1 Å². The third-order valence-electron chi connectivity index (χ3n) is 6.67. The van der Waals surface area contributed by atoms with Crippen molar-refractivity contribution in [1.82, 2.24) is 0 Å².